The molecular weight excluding hydrogens is 324 g/mol. The van der Waals surface area contributed by atoms with Crippen LogP contribution in [0.4, 0.5) is 0 Å². The van der Waals surface area contributed by atoms with Gasteiger partial charge in [0.25, 0.3) is 0 Å². The highest BCUT2D eigenvalue weighted by Crippen LogP contribution is 2.41. The number of carbonyl (C=O) groups is 1. The monoisotopic (exact) mass is 344 g/mol. The molecule has 3 heteroatoms. The van der Waals surface area contributed by atoms with Crippen molar-refractivity contribution in [3.05, 3.63) is 101 Å². The third-order valence-electron chi connectivity index (χ3n) is 4.55. The molecule has 4 rings (SSSR count). The Bertz CT molecular complexity index is 900. The van der Waals surface area contributed by atoms with Gasteiger partial charge in [0.2, 0.25) is 0 Å². The van der Waals surface area contributed by atoms with E-state index in [9.17, 15) is 4.79 Å². The first-order chi connectivity index (χ1) is 12.7. The highest BCUT2D eigenvalue weighted by Gasteiger charge is 2.46. The highest BCUT2D eigenvalue weighted by molar-refractivity contribution is 6.03. The Kier molecular flexibility index (Phi) is 4.55. The number of para-hydroxylation sites is 1. The largest absolute Gasteiger partial charge is 0.488 e. The summed E-state index contributed by atoms with van der Waals surface area (Å²) in [5.74, 6) is 0.568. The summed E-state index contributed by atoms with van der Waals surface area (Å²) in [4.78, 5) is 12.9. The molecule has 1 aliphatic rings. The minimum Gasteiger partial charge on any atom is -0.488 e. The van der Waals surface area contributed by atoms with Gasteiger partial charge >= 0.3 is 0 Å². The first kappa shape index (κ1) is 16.6. The Morgan fingerprint density at radius 3 is 2.38 bits per heavy atom. The van der Waals surface area contributed by atoms with Crippen LogP contribution in [0.5, 0.6) is 5.75 Å². The Labute approximate surface area is 153 Å². The van der Waals surface area contributed by atoms with Gasteiger partial charge in [-0.25, -0.2) is 0 Å². The first-order valence-corrected chi connectivity index (χ1v) is 8.74. The molecule has 2 atom stereocenters. The van der Waals surface area contributed by atoms with Gasteiger partial charge in [0.1, 0.15) is 18.5 Å². The van der Waals surface area contributed by atoms with E-state index in [-0.39, 0.29) is 11.9 Å². The zero-order valence-corrected chi connectivity index (χ0v) is 14.6. The van der Waals surface area contributed by atoms with Crippen molar-refractivity contribution in [3.63, 3.8) is 0 Å². The summed E-state index contributed by atoms with van der Waals surface area (Å²) in [6.07, 6.45) is -0.593. The van der Waals surface area contributed by atoms with Gasteiger partial charge in [0, 0.05) is 0 Å². The van der Waals surface area contributed by atoms with Crippen LogP contribution in [0.2, 0.25) is 0 Å². The van der Waals surface area contributed by atoms with E-state index in [1.807, 2.05) is 79.7 Å². The molecule has 26 heavy (non-hydrogen) atoms. The quantitative estimate of drug-likeness (QED) is 0.472. The summed E-state index contributed by atoms with van der Waals surface area (Å²) in [6, 6.07) is 25.4. The summed E-state index contributed by atoms with van der Waals surface area (Å²) in [5.41, 5.74) is 3.87. The normalized spacial score (nSPS) is 18.3. The number of ketones is 1. The molecular formula is C23H20O3. The van der Waals surface area contributed by atoms with Crippen molar-refractivity contribution in [1.29, 1.82) is 0 Å². The number of rotatable bonds is 6. The Morgan fingerprint density at radius 1 is 0.923 bits per heavy atom. The minimum absolute atomic E-state index is 0.0285. The van der Waals surface area contributed by atoms with Crippen LogP contribution in [-0.2, 0) is 11.3 Å². The second-order valence-corrected chi connectivity index (χ2v) is 6.52. The first-order valence-electron chi connectivity index (χ1n) is 8.74. The summed E-state index contributed by atoms with van der Waals surface area (Å²) >= 11 is 0. The van der Waals surface area contributed by atoms with Gasteiger partial charge < -0.3 is 9.47 Å². The lowest BCUT2D eigenvalue weighted by molar-refractivity contribution is 0.0949. The molecule has 3 nitrogen and oxygen atoms in total. The molecule has 1 aliphatic heterocycles. The maximum Gasteiger partial charge on any atom is 0.198 e. The van der Waals surface area contributed by atoms with Gasteiger partial charge in [-0.05, 0) is 30.2 Å². The smallest absolute Gasteiger partial charge is 0.198 e. The second kappa shape index (κ2) is 7.14. The second-order valence-electron chi connectivity index (χ2n) is 6.52. The van der Waals surface area contributed by atoms with Crippen molar-refractivity contribution in [1.82, 2.24) is 0 Å². The standard InChI is InChI=1S/C23H20O3/c1-16-11-13-18(14-12-16)22-23(26-22)21(24)19-9-5-6-10-20(19)25-15-17-7-3-2-4-8-17/h2-14,22-23H,15H2,1H3/t22-,23+/m1/s1. The average molecular weight is 344 g/mol. The molecule has 3 aromatic rings. The van der Waals surface area contributed by atoms with Crippen LogP contribution in [0.15, 0.2) is 78.9 Å². The summed E-state index contributed by atoms with van der Waals surface area (Å²) in [6.45, 7) is 2.47. The molecule has 3 aromatic carbocycles. The van der Waals surface area contributed by atoms with Crippen molar-refractivity contribution in [2.45, 2.75) is 25.7 Å². The van der Waals surface area contributed by atoms with E-state index in [2.05, 4.69) is 0 Å². The molecule has 0 aliphatic carbocycles. The molecule has 1 heterocycles. The lowest BCUT2D eigenvalue weighted by Crippen LogP contribution is -2.10. The zero-order chi connectivity index (χ0) is 17.9. The molecule has 0 unspecified atom stereocenters. The van der Waals surface area contributed by atoms with Crippen LogP contribution in [0.1, 0.15) is 33.2 Å². The lowest BCUT2D eigenvalue weighted by Gasteiger charge is -2.10. The van der Waals surface area contributed by atoms with Crippen molar-refractivity contribution < 1.29 is 14.3 Å². The van der Waals surface area contributed by atoms with Gasteiger partial charge in [0.15, 0.2) is 11.9 Å². The number of hydrogen-bond acceptors (Lipinski definition) is 3. The van der Waals surface area contributed by atoms with Crippen LogP contribution in [-0.4, -0.2) is 11.9 Å². The van der Waals surface area contributed by atoms with Crippen LogP contribution < -0.4 is 4.74 Å². The third kappa shape index (κ3) is 3.53. The number of epoxide rings is 1. The predicted molar refractivity (Wildman–Crippen MR) is 100 cm³/mol. The van der Waals surface area contributed by atoms with Crippen molar-refractivity contribution in [3.8, 4) is 5.75 Å². The van der Waals surface area contributed by atoms with Crippen LogP contribution in [0.3, 0.4) is 0 Å². The molecule has 1 fully saturated rings. The lowest BCUT2D eigenvalue weighted by atomic mass is 10.0. The maximum atomic E-state index is 12.9. The highest BCUT2D eigenvalue weighted by atomic mass is 16.6. The van der Waals surface area contributed by atoms with E-state index in [1.54, 1.807) is 6.07 Å². The van der Waals surface area contributed by atoms with E-state index < -0.39 is 6.10 Å². The van der Waals surface area contributed by atoms with Crippen LogP contribution >= 0.6 is 0 Å². The Morgan fingerprint density at radius 2 is 1.62 bits per heavy atom. The predicted octanol–water partition coefficient (Wildman–Crippen LogP) is 4.90. The zero-order valence-electron chi connectivity index (χ0n) is 14.6. The van der Waals surface area contributed by atoms with Gasteiger partial charge in [-0.15, -0.1) is 0 Å². The van der Waals surface area contributed by atoms with E-state index >= 15 is 0 Å². The van der Waals surface area contributed by atoms with Crippen LogP contribution in [0.25, 0.3) is 0 Å². The van der Waals surface area contributed by atoms with E-state index in [1.165, 1.54) is 5.56 Å². The van der Waals surface area contributed by atoms with Gasteiger partial charge in [-0.1, -0.05) is 72.3 Å². The Balaban J connectivity index is 1.48. The fourth-order valence-corrected chi connectivity index (χ4v) is 3.01. The van der Waals surface area contributed by atoms with E-state index in [4.69, 9.17) is 9.47 Å². The molecule has 0 aromatic heterocycles. The average Bonchev–Trinajstić information content (AvgIpc) is 3.48. The fraction of sp³-hybridized carbons (Fsp3) is 0.174. The number of benzene rings is 3. The van der Waals surface area contributed by atoms with Crippen molar-refractivity contribution in [2.75, 3.05) is 0 Å². The third-order valence-corrected chi connectivity index (χ3v) is 4.55. The van der Waals surface area contributed by atoms with Gasteiger partial charge in [-0.3, -0.25) is 4.79 Å². The fourth-order valence-electron chi connectivity index (χ4n) is 3.01. The van der Waals surface area contributed by atoms with E-state index in [0.717, 1.165) is 11.1 Å². The number of Topliss-reactive ketones (excluding diaryl/α,β-unsaturated/α-hetero) is 1. The molecule has 0 spiro atoms. The van der Waals surface area contributed by atoms with Gasteiger partial charge in [0.05, 0.1) is 5.56 Å². The van der Waals surface area contributed by atoms with Gasteiger partial charge in [-0.2, -0.15) is 0 Å². The summed E-state index contributed by atoms with van der Waals surface area (Å²) in [7, 11) is 0. The summed E-state index contributed by atoms with van der Waals surface area (Å²) < 4.78 is 11.6. The van der Waals surface area contributed by atoms with E-state index in [0.29, 0.717) is 17.9 Å². The molecule has 0 bridgehead atoms. The maximum absolute atomic E-state index is 12.9. The van der Waals surface area contributed by atoms with Crippen molar-refractivity contribution >= 4 is 5.78 Å². The summed E-state index contributed by atoms with van der Waals surface area (Å²) in [5, 5.41) is 0. The molecule has 0 radical (unpaired) electrons. The minimum atomic E-state index is -0.431. The number of ether oxygens (including phenoxy) is 2. The van der Waals surface area contributed by atoms with Crippen LogP contribution in [0, 0.1) is 6.92 Å². The number of aryl methyl sites for hydroxylation is 1. The van der Waals surface area contributed by atoms with Crippen molar-refractivity contribution in [2.24, 2.45) is 0 Å². The topological polar surface area (TPSA) is 38.8 Å². The SMILES string of the molecule is Cc1ccc([C@H]2O[C@H]2C(=O)c2ccccc2OCc2ccccc2)cc1. The Hall–Kier alpha value is -2.91. The number of hydrogen-bond donors (Lipinski definition) is 0. The molecule has 0 N–H and O–H groups in total. The molecule has 1 saturated heterocycles. The molecule has 0 saturated carbocycles. The molecule has 130 valence electrons. The molecule has 0 amide bonds. The number of carbonyl (C=O) groups excluding carboxylic acids is 1.